The lowest BCUT2D eigenvalue weighted by Gasteiger charge is -2.11. The van der Waals surface area contributed by atoms with Gasteiger partial charge in [0.1, 0.15) is 6.04 Å². The number of carbonyl (C=O) groups excluding carboxylic acids is 2. The number of carboxylic acids is 1. The van der Waals surface area contributed by atoms with Crippen LogP contribution in [0.5, 0.6) is 0 Å². The Morgan fingerprint density at radius 3 is 1.96 bits per heavy atom. The molecule has 6 nitrogen and oxygen atoms in total. The second kappa shape index (κ2) is 16.6. The van der Waals surface area contributed by atoms with E-state index in [-0.39, 0.29) is 12.3 Å². The molecule has 1 amide bonds. The van der Waals surface area contributed by atoms with E-state index in [1.165, 1.54) is 7.11 Å². The number of amides is 1. The lowest BCUT2D eigenvalue weighted by molar-refractivity contribution is -0.144. The van der Waals surface area contributed by atoms with E-state index in [0.29, 0.717) is 6.42 Å². The molecule has 0 aliphatic carbocycles. The van der Waals surface area contributed by atoms with Crippen LogP contribution in [0.2, 0.25) is 0 Å². The Morgan fingerprint density at radius 1 is 0.885 bits per heavy atom. The van der Waals surface area contributed by atoms with Crippen molar-refractivity contribution in [1.82, 2.24) is 5.32 Å². The van der Waals surface area contributed by atoms with Crippen molar-refractivity contribution in [3.05, 3.63) is 12.2 Å². The number of rotatable bonds is 16. The summed E-state index contributed by atoms with van der Waals surface area (Å²) in [5, 5.41) is 11.2. The molecule has 1 atom stereocenters. The highest BCUT2D eigenvalue weighted by Crippen LogP contribution is 2.09. The Morgan fingerprint density at radius 2 is 1.38 bits per heavy atom. The van der Waals surface area contributed by atoms with Gasteiger partial charge < -0.3 is 15.2 Å². The average molecular weight is 370 g/mol. The van der Waals surface area contributed by atoms with Crippen LogP contribution in [0.1, 0.15) is 84.0 Å². The van der Waals surface area contributed by atoms with Gasteiger partial charge in [0.25, 0.3) is 0 Å². The molecule has 0 bridgehead atoms. The van der Waals surface area contributed by atoms with Crippen molar-refractivity contribution in [2.24, 2.45) is 0 Å². The van der Waals surface area contributed by atoms with Gasteiger partial charge in [-0.05, 0) is 45.4 Å². The minimum Gasteiger partial charge on any atom is -0.481 e. The molecule has 0 spiro atoms. The van der Waals surface area contributed by atoms with Crippen LogP contribution in [-0.2, 0) is 19.1 Å². The van der Waals surface area contributed by atoms with E-state index in [0.717, 1.165) is 64.2 Å². The highest BCUT2D eigenvalue weighted by Gasteiger charge is 2.14. The number of methoxy groups -OCH3 is 1. The minimum absolute atomic E-state index is 0.103. The fourth-order valence-corrected chi connectivity index (χ4v) is 2.58. The number of aliphatic carboxylic acids is 1. The van der Waals surface area contributed by atoms with Crippen molar-refractivity contribution in [3.63, 3.8) is 0 Å². The van der Waals surface area contributed by atoms with Crippen molar-refractivity contribution >= 4 is 17.8 Å². The Kier molecular flexibility index (Phi) is 15.4. The zero-order chi connectivity index (χ0) is 19.6. The standard InChI is InChI=1S/C20H35NO5/c1-17(20(25)26-2)21-18(22)15-13-11-9-7-5-3-4-6-8-10-12-14-16-19(23)24/h4,6,17H,3,5,7-16H2,1-2H3,(H,21,22)(H,23,24)/b6-4-/t17-/m0/s1. The van der Waals surface area contributed by atoms with Gasteiger partial charge >= 0.3 is 11.9 Å². The van der Waals surface area contributed by atoms with Crippen molar-refractivity contribution in [1.29, 1.82) is 0 Å². The summed E-state index contributed by atoms with van der Waals surface area (Å²) in [5.41, 5.74) is 0. The summed E-state index contributed by atoms with van der Waals surface area (Å²) in [4.78, 5) is 33.2. The maximum Gasteiger partial charge on any atom is 0.328 e. The summed E-state index contributed by atoms with van der Waals surface area (Å²) in [7, 11) is 1.31. The fraction of sp³-hybridized carbons (Fsp3) is 0.750. The molecule has 0 rings (SSSR count). The Balaban J connectivity index is 3.38. The number of hydrogen-bond donors (Lipinski definition) is 2. The molecule has 0 aliphatic rings. The van der Waals surface area contributed by atoms with E-state index in [2.05, 4.69) is 22.2 Å². The van der Waals surface area contributed by atoms with Gasteiger partial charge in [0, 0.05) is 12.8 Å². The fourth-order valence-electron chi connectivity index (χ4n) is 2.58. The zero-order valence-electron chi connectivity index (χ0n) is 16.3. The Hall–Kier alpha value is -1.85. The first-order valence-electron chi connectivity index (χ1n) is 9.71. The number of nitrogens with one attached hydrogen (secondary N) is 1. The third kappa shape index (κ3) is 15.7. The van der Waals surface area contributed by atoms with Crippen LogP contribution in [0.25, 0.3) is 0 Å². The Bertz CT molecular complexity index is 434. The van der Waals surface area contributed by atoms with Gasteiger partial charge in [0.15, 0.2) is 0 Å². The monoisotopic (exact) mass is 369 g/mol. The largest absolute Gasteiger partial charge is 0.481 e. The molecule has 2 N–H and O–H groups in total. The van der Waals surface area contributed by atoms with Crippen molar-refractivity contribution < 1.29 is 24.2 Å². The molecule has 0 aromatic rings. The maximum atomic E-state index is 11.7. The first-order valence-corrected chi connectivity index (χ1v) is 9.71. The normalized spacial score (nSPS) is 12.1. The number of allylic oxidation sites excluding steroid dienone is 2. The summed E-state index contributed by atoms with van der Waals surface area (Å²) < 4.78 is 4.56. The van der Waals surface area contributed by atoms with Crippen LogP contribution >= 0.6 is 0 Å². The number of carboxylic acid groups (broad SMARTS) is 1. The molecule has 26 heavy (non-hydrogen) atoms. The topological polar surface area (TPSA) is 92.7 Å². The molecule has 0 aromatic carbocycles. The highest BCUT2D eigenvalue weighted by molar-refractivity contribution is 5.83. The molecule has 6 heteroatoms. The van der Waals surface area contributed by atoms with Gasteiger partial charge in [-0.1, -0.05) is 37.8 Å². The predicted molar refractivity (Wildman–Crippen MR) is 102 cm³/mol. The van der Waals surface area contributed by atoms with Crippen LogP contribution in [0.3, 0.4) is 0 Å². The molecular weight excluding hydrogens is 334 g/mol. The van der Waals surface area contributed by atoms with Crippen molar-refractivity contribution in [2.45, 2.75) is 90.0 Å². The predicted octanol–water partition coefficient (Wildman–Crippen LogP) is 3.99. The van der Waals surface area contributed by atoms with E-state index in [4.69, 9.17) is 5.11 Å². The SMILES string of the molecule is COC(=O)[C@H](C)NC(=O)CCCCCCC/C=C\CCCCCC(=O)O. The number of esters is 1. The van der Waals surface area contributed by atoms with Crippen LogP contribution in [-0.4, -0.2) is 36.1 Å². The molecule has 0 radical (unpaired) electrons. The van der Waals surface area contributed by atoms with Gasteiger partial charge in [0.05, 0.1) is 7.11 Å². The summed E-state index contributed by atoms with van der Waals surface area (Å²) in [5.74, 6) is -1.24. The maximum absolute atomic E-state index is 11.7. The third-order valence-corrected chi connectivity index (χ3v) is 4.13. The van der Waals surface area contributed by atoms with Crippen LogP contribution in [0, 0.1) is 0 Å². The average Bonchev–Trinajstić information content (AvgIpc) is 2.60. The number of carbonyl (C=O) groups is 3. The van der Waals surface area contributed by atoms with E-state index in [1.807, 2.05) is 0 Å². The van der Waals surface area contributed by atoms with Crippen molar-refractivity contribution in [2.75, 3.05) is 7.11 Å². The minimum atomic E-state index is -0.711. The zero-order valence-corrected chi connectivity index (χ0v) is 16.3. The number of hydrogen-bond acceptors (Lipinski definition) is 4. The molecule has 0 heterocycles. The molecule has 0 unspecified atom stereocenters. The third-order valence-electron chi connectivity index (χ3n) is 4.13. The van der Waals surface area contributed by atoms with E-state index >= 15 is 0 Å². The second-order valence-corrected chi connectivity index (χ2v) is 6.58. The number of unbranched alkanes of at least 4 members (excludes halogenated alkanes) is 8. The second-order valence-electron chi connectivity index (χ2n) is 6.58. The lowest BCUT2D eigenvalue weighted by Crippen LogP contribution is -2.38. The summed E-state index contributed by atoms with van der Waals surface area (Å²) in [6.07, 6.45) is 15.3. The van der Waals surface area contributed by atoms with Crippen LogP contribution in [0.15, 0.2) is 12.2 Å². The lowest BCUT2D eigenvalue weighted by atomic mass is 10.1. The highest BCUT2D eigenvalue weighted by atomic mass is 16.5. The van der Waals surface area contributed by atoms with E-state index in [1.54, 1.807) is 6.92 Å². The van der Waals surface area contributed by atoms with Gasteiger partial charge in [-0.25, -0.2) is 4.79 Å². The molecule has 0 aliphatic heterocycles. The van der Waals surface area contributed by atoms with Crippen molar-refractivity contribution in [3.8, 4) is 0 Å². The summed E-state index contributed by atoms with van der Waals surface area (Å²) in [6.45, 7) is 1.62. The van der Waals surface area contributed by atoms with Crippen LogP contribution < -0.4 is 5.32 Å². The molecule has 0 fully saturated rings. The molecular formula is C20H35NO5. The van der Waals surface area contributed by atoms with Gasteiger partial charge in [-0.3, -0.25) is 9.59 Å². The molecule has 0 saturated carbocycles. The molecule has 150 valence electrons. The first kappa shape index (κ1) is 24.1. The Labute approximate surface area is 157 Å². The smallest absolute Gasteiger partial charge is 0.328 e. The summed E-state index contributed by atoms with van der Waals surface area (Å²) >= 11 is 0. The molecule has 0 saturated heterocycles. The van der Waals surface area contributed by atoms with Gasteiger partial charge in [0.2, 0.25) is 5.91 Å². The van der Waals surface area contributed by atoms with E-state index < -0.39 is 18.0 Å². The van der Waals surface area contributed by atoms with Gasteiger partial charge in [-0.2, -0.15) is 0 Å². The first-order chi connectivity index (χ1) is 12.5. The summed E-state index contributed by atoms with van der Waals surface area (Å²) in [6, 6.07) is -0.587. The quantitative estimate of drug-likeness (QED) is 0.244. The number of ether oxygens (including phenoxy) is 1. The molecule has 0 aromatic heterocycles. The van der Waals surface area contributed by atoms with Gasteiger partial charge in [-0.15, -0.1) is 0 Å². The van der Waals surface area contributed by atoms with E-state index in [9.17, 15) is 14.4 Å². The van der Waals surface area contributed by atoms with Crippen LogP contribution in [0.4, 0.5) is 0 Å².